The van der Waals surface area contributed by atoms with Crippen molar-refractivity contribution in [3.05, 3.63) is 67.1 Å². The Morgan fingerprint density at radius 1 is 1.16 bits per heavy atom. The Morgan fingerprint density at radius 3 is 2.41 bits per heavy atom. The standard InChI is InChI=1S/C25H22Cl3N3O5S/c1-4-36-22-17(27)7-13(8-18(22)28)20-15(10-29)24(31-23(33)21(20)25(34)35-3)37-11-19(32)30-14-6-5-12(2)16(26)9-14/h5-9,20-21H,4,11H2,1-3H3,(H,30,32)(H,31,33)/t20-,21-/m1/s1. The number of nitrogens with zero attached hydrogens (tertiary/aromatic N) is 1. The van der Waals surface area contributed by atoms with Crippen LogP contribution in [-0.4, -0.2) is 37.3 Å². The second-order valence-electron chi connectivity index (χ2n) is 7.87. The van der Waals surface area contributed by atoms with Crippen LogP contribution in [0, 0.1) is 24.2 Å². The van der Waals surface area contributed by atoms with Gasteiger partial charge in [0.15, 0.2) is 5.75 Å². The van der Waals surface area contributed by atoms with E-state index in [9.17, 15) is 19.6 Å². The number of nitriles is 1. The molecule has 2 N–H and O–H groups in total. The topological polar surface area (TPSA) is 118 Å². The van der Waals surface area contributed by atoms with Gasteiger partial charge in [-0.05, 0) is 49.2 Å². The number of hydrogen-bond donors (Lipinski definition) is 2. The number of benzene rings is 2. The summed E-state index contributed by atoms with van der Waals surface area (Å²) in [5, 5.41) is 16.3. The quantitative estimate of drug-likeness (QED) is 0.313. The number of hydrogen-bond acceptors (Lipinski definition) is 7. The Hall–Kier alpha value is -2.90. The molecule has 37 heavy (non-hydrogen) atoms. The van der Waals surface area contributed by atoms with Crippen LogP contribution in [0.25, 0.3) is 0 Å². The van der Waals surface area contributed by atoms with Crippen LogP contribution in [0.4, 0.5) is 5.69 Å². The molecule has 0 bridgehead atoms. The minimum Gasteiger partial charge on any atom is -0.491 e. The Balaban J connectivity index is 1.96. The number of esters is 1. The second kappa shape index (κ2) is 12.6. The van der Waals surface area contributed by atoms with Crippen molar-refractivity contribution in [2.75, 3.05) is 24.8 Å². The number of methoxy groups -OCH3 is 1. The minimum absolute atomic E-state index is 0.0578. The van der Waals surface area contributed by atoms with Crippen LogP contribution in [0.2, 0.25) is 15.1 Å². The van der Waals surface area contributed by atoms with Crippen molar-refractivity contribution in [3.8, 4) is 11.8 Å². The third-order valence-electron chi connectivity index (χ3n) is 5.46. The Kier molecular flexibility index (Phi) is 9.74. The Morgan fingerprint density at radius 2 is 1.84 bits per heavy atom. The van der Waals surface area contributed by atoms with Crippen molar-refractivity contribution in [1.29, 1.82) is 5.26 Å². The molecule has 12 heteroatoms. The molecule has 2 aromatic rings. The molecule has 0 radical (unpaired) electrons. The lowest BCUT2D eigenvalue weighted by molar-refractivity contribution is -0.150. The van der Waals surface area contributed by atoms with Crippen molar-refractivity contribution in [2.24, 2.45) is 5.92 Å². The molecule has 0 aromatic heterocycles. The molecule has 0 unspecified atom stereocenters. The van der Waals surface area contributed by atoms with Crippen molar-refractivity contribution < 1.29 is 23.9 Å². The third-order valence-corrected chi connectivity index (χ3v) is 7.44. The smallest absolute Gasteiger partial charge is 0.319 e. The summed E-state index contributed by atoms with van der Waals surface area (Å²) in [7, 11) is 1.15. The van der Waals surface area contributed by atoms with Crippen molar-refractivity contribution in [1.82, 2.24) is 5.32 Å². The molecule has 2 aromatic carbocycles. The second-order valence-corrected chi connectivity index (χ2v) is 10.1. The van der Waals surface area contributed by atoms with Crippen LogP contribution in [0.3, 0.4) is 0 Å². The fourth-order valence-corrected chi connectivity index (χ4v) is 5.37. The zero-order chi connectivity index (χ0) is 27.3. The van der Waals surface area contributed by atoms with E-state index >= 15 is 0 Å². The molecular formula is C25H22Cl3N3O5S. The lowest BCUT2D eigenvalue weighted by Crippen LogP contribution is -2.44. The maximum Gasteiger partial charge on any atom is 0.319 e. The fraction of sp³-hybridized carbons (Fsp3) is 0.280. The molecule has 0 aliphatic carbocycles. The summed E-state index contributed by atoms with van der Waals surface area (Å²) in [5.41, 5.74) is 1.77. The first-order valence-corrected chi connectivity index (χ1v) is 13.1. The number of nitrogens with one attached hydrogen (secondary N) is 2. The van der Waals surface area contributed by atoms with Gasteiger partial charge in [-0.25, -0.2) is 0 Å². The predicted molar refractivity (Wildman–Crippen MR) is 144 cm³/mol. The van der Waals surface area contributed by atoms with Gasteiger partial charge < -0.3 is 20.1 Å². The molecule has 2 amide bonds. The van der Waals surface area contributed by atoms with Gasteiger partial charge in [0.25, 0.3) is 0 Å². The molecule has 1 aliphatic heterocycles. The number of anilines is 1. The number of rotatable bonds is 8. The van der Waals surface area contributed by atoms with Crippen LogP contribution in [0.5, 0.6) is 5.75 Å². The number of allylic oxidation sites excluding steroid dienone is 1. The number of halogens is 3. The summed E-state index contributed by atoms with van der Waals surface area (Å²) in [6.45, 7) is 3.92. The van der Waals surface area contributed by atoms with Gasteiger partial charge in [-0.1, -0.05) is 52.6 Å². The number of carbonyl (C=O) groups excluding carboxylic acids is 3. The van der Waals surface area contributed by atoms with Crippen LogP contribution in [0.15, 0.2) is 40.9 Å². The van der Waals surface area contributed by atoms with Crippen molar-refractivity contribution in [3.63, 3.8) is 0 Å². The highest BCUT2D eigenvalue weighted by atomic mass is 35.5. The molecular weight excluding hydrogens is 561 g/mol. The van der Waals surface area contributed by atoms with Crippen LogP contribution >= 0.6 is 46.6 Å². The Labute approximate surface area is 233 Å². The minimum atomic E-state index is -1.38. The van der Waals surface area contributed by atoms with E-state index in [0.717, 1.165) is 24.4 Å². The number of ether oxygens (including phenoxy) is 2. The number of thioether (sulfide) groups is 1. The van der Waals surface area contributed by atoms with Crippen LogP contribution in [0.1, 0.15) is 24.0 Å². The molecule has 8 nitrogen and oxygen atoms in total. The van der Waals surface area contributed by atoms with E-state index in [2.05, 4.69) is 16.7 Å². The summed E-state index contributed by atoms with van der Waals surface area (Å²) in [4.78, 5) is 38.2. The van der Waals surface area contributed by atoms with E-state index in [-0.39, 0.29) is 38.1 Å². The van der Waals surface area contributed by atoms with Crippen molar-refractivity contribution >= 4 is 70.0 Å². The van der Waals surface area contributed by atoms with Gasteiger partial charge >= 0.3 is 5.97 Å². The van der Waals surface area contributed by atoms with E-state index in [4.69, 9.17) is 44.3 Å². The molecule has 194 valence electrons. The van der Waals surface area contributed by atoms with Gasteiger partial charge in [0.05, 0.1) is 46.2 Å². The van der Waals surface area contributed by atoms with E-state index in [1.807, 2.05) is 6.92 Å². The highest BCUT2D eigenvalue weighted by Gasteiger charge is 2.44. The molecule has 0 saturated carbocycles. The van der Waals surface area contributed by atoms with E-state index < -0.39 is 23.7 Å². The molecule has 1 heterocycles. The van der Waals surface area contributed by atoms with Gasteiger partial charge in [0.1, 0.15) is 5.92 Å². The van der Waals surface area contributed by atoms with Crippen molar-refractivity contribution in [2.45, 2.75) is 19.8 Å². The van der Waals surface area contributed by atoms with Gasteiger partial charge in [-0.15, -0.1) is 0 Å². The number of amides is 2. The third kappa shape index (κ3) is 6.51. The molecule has 0 fully saturated rings. The first-order valence-electron chi connectivity index (χ1n) is 10.9. The average molecular weight is 583 g/mol. The fourth-order valence-electron chi connectivity index (χ4n) is 3.73. The van der Waals surface area contributed by atoms with E-state index in [0.29, 0.717) is 22.9 Å². The monoisotopic (exact) mass is 581 g/mol. The van der Waals surface area contributed by atoms with Gasteiger partial charge in [0.2, 0.25) is 11.8 Å². The molecule has 0 spiro atoms. The zero-order valence-corrected chi connectivity index (χ0v) is 23.1. The van der Waals surface area contributed by atoms with Gasteiger partial charge in [-0.2, -0.15) is 5.26 Å². The number of aryl methyl sites for hydroxylation is 1. The maximum atomic E-state index is 13.0. The zero-order valence-electron chi connectivity index (χ0n) is 20.0. The van der Waals surface area contributed by atoms with E-state index in [1.54, 1.807) is 25.1 Å². The lowest BCUT2D eigenvalue weighted by atomic mass is 9.78. The maximum absolute atomic E-state index is 13.0. The lowest BCUT2D eigenvalue weighted by Gasteiger charge is -2.31. The Bertz CT molecular complexity index is 1300. The molecule has 2 atom stereocenters. The SMILES string of the molecule is CCOc1c(Cl)cc([C@@H]2C(C#N)=C(SCC(=O)Nc3ccc(C)c(Cl)c3)NC(=O)[C@@H]2C(=O)OC)cc1Cl. The van der Waals surface area contributed by atoms with E-state index in [1.165, 1.54) is 12.1 Å². The number of carbonyl (C=O) groups is 3. The summed E-state index contributed by atoms with van der Waals surface area (Å²) in [6, 6.07) is 10.2. The summed E-state index contributed by atoms with van der Waals surface area (Å²) >= 11 is 19.8. The average Bonchev–Trinajstić information content (AvgIpc) is 2.86. The highest BCUT2D eigenvalue weighted by molar-refractivity contribution is 8.03. The van der Waals surface area contributed by atoms with Gasteiger partial charge in [-0.3, -0.25) is 14.4 Å². The highest BCUT2D eigenvalue weighted by Crippen LogP contribution is 2.44. The summed E-state index contributed by atoms with van der Waals surface area (Å²) < 4.78 is 10.3. The largest absolute Gasteiger partial charge is 0.491 e. The molecule has 1 aliphatic rings. The van der Waals surface area contributed by atoms with Crippen LogP contribution in [-0.2, 0) is 19.1 Å². The summed E-state index contributed by atoms with van der Waals surface area (Å²) in [6.07, 6.45) is 0. The first kappa shape index (κ1) is 28.7. The normalized spacial score (nSPS) is 17.1. The summed E-state index contributed by atoms with van der Waals surface area (Å²) in [5.74, 6) is -4.24. The first-order chi connectivity index (χ1) is 17.6. The van der Waals surface area contributed by atoms with Gasteiger partial charge in [0, 0.05) is 16.6 Å². The molecule has 3 rings (SSSR count). The van der Waals surface area contributed by atoms with Crippen LogP contribution < -0.4 is 15.4 Å². The predicted octanol–water partition coefficient (Wildman–Crippen LogP) is 5.46. The molecule has 0 saturated heterocycles.